The van der Waals surface area contributed by atoms with Crippen molar-refractivity contribution < 1.29 is 9.90 Å². The lowest BCUT2D eigenvalue weighted by molar-refractivity contribution is 0.0739. The Bertz CT molecular complexity index is 1040. The van der Waals surface area contributed by atoms with Crippen LogP contribution in [0.2, 0.25) is 0 Å². The number of anilines is 1. The number of piperazine rings is 1. The van der Waals surface area contributed by atoms with Crippen LogP contribution in [-0.2, 0) is 6.54 Å². The van der Waals surface area contributed by atoms with E-state index in [0.717, 1.165) is 5.82 Å². The van der Waals surface area contributed by atoms with Crippen molar-refractivity contribution in [2.24, 2.45) is 0 Å². The Morgan fingerprint density at radius 1 is 1.00 bits per heavy atom. The number of pyridine rings is 1. The quantitative estimate of drug-likeness (QED) is 0.719. The highest BCUT2D eigenvalue weighted by Crippen LogP contribution is 2.18. The molecule has 144 valence electrons. The second-order valence-corrected chi connectivity index (χ2v) is 6.61. The first kappa shape index (κ1) is 18.1. The Kier molecular flexibility index (Phi) is 5.03. The molecule has 1 fully saturated rings. The second-order valence-electron chi connectivity index (χ2n) is 6.61. The largest absolute Gasteiger partial charge is 0.394 e. The molecule has 1 amide bonds. The zero-order valence-electron chi connectivity index (χ0n) is 15.4. The highest BCUT2D eigenvalue weighted by atomic mass is 16.3. The van der Waals surface area contributed by atoms with Crippen molar-refractivity contribution in [1.82, 2.24) is 19.7 Å². The monoisotopic (exact) mass is 379 g/mol. The zero-order chi connectivity index (χ0) is 19.5. The summed E-state index contributed by atoms with van der Waals surface area (Å²) in [5, 5.41) is 14.5. The van der Waals surface area contributed by atoms with Crippen molar-refractivity contribution in [3.8, 4) is 0 Å². The van der Waals surface area contributed by atoms with Gasteiger partial charge in [0.15, 0.2) is 5.69 Å². The van der Waals surface area contributed by atoms with Gasteiger partial charge in [0.05, 0.1) is 18.5 Å². The first-order valence-electron chi connectivity index (χ1n) is 9.25. The molecule has 0 spiro atoms. The number of amides is 1. The third kappa shape index (κ3) is 3.34. The van der Waals surface area contributed by atoms with Gasteiger partial charge in [0, 0.05) is 37.8 Å². The lowest BCUT2D eigenvalue weighted by atomic mass is 10.1. The molecule has 28 heavy (non-hydrogen) atoms. The van der Waals surface area contributed by atoms with Gasteiger partial charge in [-0.05, 0) is 18.2 Å². The molecule has 1 aliphatic heterocycles. The molecule has 0 aliphatic carbocycles. The van der Waals surface area contributed by atoms with Crippen molar-refractivity contribution >= 4 is 22.5 Å². The van der Waals surface area contributed by atoms with Crippen LogP contribution < -0.4 is 10.5 Å². The molecule has 1 N–H and O–H groups in total. The van der Waals surface area contributed by atoms with E-state index < -0.39 is 0 Å². The Labute approximate surface area is 161 Å². The van der Waals surface area contributed by atoms with Crippen molar-refractivity contribution in [2.75, 3.05) is 37.7 Å². The van der Waals surface area contributed by atoms with Crippen molar-refractivity contribution in [1.29, 1.82) is 0 Å². The Balaban J connectivity index is 1.61. The first-order valence-corrected chi connectivity index (χ1v) is 9.25. The highest BCUT2D eigenvalue weighted by molar-refractivity contribution is 6.04. The standard InChI is InChI=1S/C20H21N5O3/c26-14-13-25-19(27)16-6-2-1-5-15(16)18(22-25)20(28)24-11-9-23(10-12-24)17-7-3-4-8-21-17/h1-8,26H,9-14H2. The van der Waals surface area contributed by atoms with Gasteiger partial charge in [-0.25, -0.2) is 9.67 Å². The first-order chi connectivity index (χ1) is 13.7. The van der Waals surface area contributed by atoms with Gasteiger partial charge in [0.1, 0.15) is 5.82 Å². The van der Waals surface area contributed by atoms with Crippen molar-refractivity contribution in [3.05, 3.63) is 64.7 Å². The number of aromatic nitrogens is 3. The number of benzene rings is 1. The fourth-order valence-electron chi connectivity index (χ4n) is 3.47. The molecule has 1 saturated heterocycles. The van der Waals surface area contributed by atoms with Crippen LogP contribution in [0.25, 0.3) is 10.8 Å². The van der Waals surface area contributed by atoms with Crippen LogP contribution in [0.3, 0.4) is 0 Å². The summed E-state index contributed by atoms with van der Waals surface area (Å²) in [6.45, 7) is 2.28. The maximum absolute atomic E-state index is 13.2. The van der Waals surface area contributed by atoms with Crippen LogP contribution in [-0.4, -0.2) is 63.5 Å². The molecule has 8 nitrogen and oxygen atoms in total. The summed E-state index contributed by atoms with van der Waals surface area (Å²) in [6, 6.07) is 12.7. The van der Waals surface area contributed by atoms with Gasteiger partial charge in [0.2, 0.25) is 0 Å². The average Bonchev–Trinajstić information content (AvgIpc) is 2.76. The van der Waals surface area contributed by atoms with E-state index in [1.807, 2.05) is 18.2 Å². The molecule has 1 aromatic carbocycles. The SMILES string of the molecule is O=C(c1nn(CCO)c(=O)c2ccccc12)N1CCN(c2ccccn2)CC1. The van der Waals surface area contributed by atoms with Gasteiger partial charge < -0.3 is 14.9 Å². The van der Waals surface area contributed by atoms with Crippen LogP contribution in [0.1, 0.15) is 10.5 Å². The predicted octanol–water partition coefficient (Wildman–Crippen LogP) is 0.746. The summed E-state index contributed by atoms with van der Waals surface area (Å²) in [5.41, 5.74) is -0.0592. The molecular weight excluding hydrogens is 358 g/mol. The number of aliphatic hydroxyl groups excluding tert-OH is 1. The summed E-state index contributed by atoms with van der Waals surface area (Å²) in [5.74, 6) is 0.693. The smallest absolute Gasteiger partial charge is 0.275 e. The molecule has 4 rings (SSSR count). The third-order valence-corrected chi connectivity index (χ3v) is 4.92. The summed E-state index contributed by atoms with van der Waals surface area (Å²) in [4.78, 5) is 34.0. The summed E-state index contributed by atoms with van der Waals surface area (Å²) >= 11 is 0. The molecular formula is C20H21N5O3. The molecule has 0 atom stereocenters. The van der Waals surface area contributed by atoms with Gasteiger partial charge in [0.25, 0.3) is 11.5 Å². The van der Waals surface area contributed by atoms with E-state index in [4.69, 9.17) is 0 Å². The minimum absolute atomic E-state index is 0.0530. The van der Waals surface area contributed by atoms with E-state index in [0.29, 0.717) is 37.0 Å². The summed E-state index contributed by atoms with van der Waals surface area (Å²) in [6.07, 6.45) is 1.76. The fraction of sp³-hybridized carbons (Fsp3) is 0.300. The minimum atomic E-state index is -0.304. The van der Waals surface area contributed by atoms with Gasteiger partial charge in [-0.3, -0.25) is 9.59 Å². The minimum Gasteiger partial charge on any atom is -0.394 e. The van der Waals surface area contributed by atoms with E-state index >= 15 is 0 Å². The Morgan fingerprint density at radius 3 is 2.39 bits per heavy atom. The number of hydrogen-bond donors (Lipinski definition) is 1. The number of carbonyl (C=O) groups is 1. The summed E-state index contributed by atoms with van der Waals surface area (Å²) < 4.78 is 1.17. The molecule has 8 heteroatoms. The number of carbonyl (C=O) groups excluding carboxylic acids is 1. The van der Waals surface area contributed by atoms with E-state index in [1.54, 1.807) is 35.4 Å². The van der Waals surface area contributed by atoms with Crippen LogP contribution in [0.5, 0.6) is 0 Å². The van der Waals surface area contributed by atoms with Gasteiger partial charge in [-0.1, -0.05) is 24.3 Å². The van der Waals surface area contributed by atoms with Crippen molar-refractivity contribution in [2.45, 2.75) is 6.54 Å². The summed E-state index contributed by atoms with van der Waals surface area (Å²) in [7, 11) is 0. The molecule has 3 heterocycles. The van der Waals surface area contributed by atoms with Gasteiger partial charge >= 0.3 is 0 Å². The second kappa shape index (κ2) is 7.77. The van der Waals surface area contributed by atoms with E-state index in [-0.39, 0.29) is 30.3 Å². The molecule has 0 radical (unpaired) electrons. The van der Waals surface area contributed by atoms with Crippen LogP contribution in [0.4, 0.5) is 5.82 Å². The van der Waals surface area contributed by atoms with E-state index in [2.05, 4.69) is 15.0 Å². The normalized spacial score (nSPS) is 14.5. The molecule has 3 aromatic rings. The van der Waals surface area contributed by atoms with Crippen LogP contribution in [0.15, 0.2) is 53.5 Å². The molecule has 0 unspecified atom stereocenters. The molecule has 1 aliphatic rings. The van der Waals surface area contributed by atoms with E-state index in [1.165, 1.54) is 4.68 Å². The topological polar surface area (TPSA) is 91.6 Å². The average molecular weight is 379 g/mol. The Morgan fingerprint density at radius 2 is 1.71 bits per heavy atom. The van der Waals surface area contributed by atoms with Gasteiger partial charge in [-0.2, -0.15) is 5.10 Å². The molecule has 0 saturated carbocycles. The van der Waals surface area contributed by atoms with Crippen LogP contribution >= 0.6 is 0 Å². The zero-order valence-corrected chi connectivity index (χ0v) is 15.4. The van der Waals surface area contributed by atoms with Crippen LogP contribution in [0, 0.1) is 0 Å². The lowest BCUT2D eigenvalue weighted by Crippen LogP contribution is -2.49. The number of hydrogen-bond acceptors (Lipinski definition) is 6. The highest BCUT2D eigenvalue weighted by Gasteiger charge is 2.26. The lowest BCUT2D eigenvalue weighted by Gasteiger charge is -2.35. The van der Waals surface area contributed by atoms with E-state index in [9.17, 15) is 14.7 Å². The molecule has 0 bridgehead atoms. The number of fused-ring (bicyclic) bond motifs is 1. The number of nitrogens with zero attached hydrogens (tertiary/aromatic N) is 5. The maximum Gasteiger partial charge on any atom is 0.275 e. The predicted molar refractivity (Wildman–Crippen MR) is 105 cm³/mol. The Hall–Kier alpha value is -3.26. The third-order valence-electron chi connectivity index (χ3n) is 4.92. The van der Waals surface area contributed by atoms with Crippen molar-refractivity contribution in [3.63, 3.8) is 0 Å². The molecule has 2 aromatic heterocycles. The number of rotatable bonds is 4. The fourth-order valence-corrected chi connectivity index (χ4v) is 3.47. The number of aliphatic hydroxyl groups is 1. The maximum atomic E-state index is 13.2. The van der Waals surface area contributed by atoms with Gasteiger partial charge in [-0.15, -0.1) is 0 Å².